The second-order valence-electron chi connectivity index (χ2n) is 7.52. The number of pyridine rings is 1. The number of esters is 1. The summed E-state index contributed by atoms with van der Waals surface area (Å²) in [6, 6.07) is 26.3. The number of rotatable bonds is 6. The van der Waals surface area contributed by atoms with E-state index < -0.39 is 6.10 Å². The van der Waals surface area contributed by atoms with Gasteiger partial charge in [0.25, 0.3) is 0 Å². The van der Waals surface area contributed by atoms with E-state index in [1.54, 1.807) is 6.20 Å². The van der Waals surface area contributed by atoms with Crippen LogP contribution in [0.2, 0.25) is 0 Å². The van der Waals surface area contributed by atoms with Crippen molar-refractivity contribution in [3.8, 4) is 5.75 Å². The lowest BCUT2D eigenvalue weighted by Crippen LogP contribution is -2.29. The Morgan fingerprint density at radius 1 is 0.903 bits per heavy atom. The normalized spacial score (nSPS) is 12.3. The topological polar surface area (TPSA) is 53.4 Å². The van der Waals surface area contributed by atoms with E-state index in [1.165, 1.54) is 17.7 Å². The van der Waals surface area contributed by atoms with Crippen LogP contribution in [-0.2, 0) is 16.1 Å². The van der Waals surface area contributed by atoms with E-state index >= 15 is 0 Å². The number of ether oxygens (including phenoxy) is 2. The highest BCUT2D eigenvalue weighted by Gasteiger charge is 2.19. The molecule has 1 atom stereocenters. The zero-order chi connectivity index (χ0) is 21.2. The third-order valence-corrected chi connectivity index (χ3v) is 5.42. The first kappa shape index (κ1) is 19.1. The van der Waals surface area contributed by atoms with Gasteiger partial charge in [-0.1, -0.05) is 54.6 Å². The van der Waals surface area contributed by atoms with E-state index in [0.717, 1.165) is 21.9 Å². The Kier molecular flexibility index (Phi) is 5.00. The lowest BCUT2D eigenvalue weighted by atomic mass is 10.2. The van der Waals surface area contributed by atoms with Crippen LogP contribution < -0.4 is 4.74 Å². The number of hydrogen-bond donors (Lipinski definition) is 0. The Morgan fingerprint density at radius 2 is 1.58 bits per heavy atom. The molecule has 0 aliphatic rings. The molecule has 2 heterocycles. The van der Waals surface area contributed by atoms with Gasteiger partial charge in [-0.25, -0.2) is 0 Å². The summed E-state index contributed by atoms with van der Waals surface area (Å²) in [6.07, 6.45) is 1.30. The minimum atomic E-state index is -0.448. The third kappa shape index (κ3) is 3.70. The minimum absolute atomic E-state index is 0.232. The molecule has 0 bridgehead atoms. The van der Waals surface area contributed by atoms with E-state index in [1.807, 2.05) is 54.6 Å². The van der Waals surface area contributed by atoms with E-state index in [2.05, 4.69) is 33.8 Å². The second-order valence-corrected chi connectivity index (χ2v) is 7.52. The molecule has 0 unspecified atom stereocenters. The molecule has 5 aromatic rings. The number of para-hydroxylation sites is 3. The largest absolute Gasteiger partial charge is 0.487 e. The van der Waals surface area contributed by atoms with Gasteiger partial charge in [0.2, 0.25) is 0 Å². The van der Waals surface area contributed by atoms with E-state index in [-0.39, 0.29) is 12.6 Å². The van der Waals surface area contributed by atoms with Crippen LogP contribution in [0.4, 0.5) is 0 Å². The first-order valence-corrected chi connectivity index (χ1v) is 10.3. The van der Waals surface area contributed by atoms with Gasteiger partial charge in [-0.3, -0.25) is 9.78 Å². The summed E-state index contributed by atoms with van der Waals surface area (Å²) in [5, 5.41) is 3.36. The summed E-state index contributed by atoms with van der Waals surface area (Å²) in [7, 11) is 0. The van der Waals surface area contributed by atoms with Crippen molar-refractivity contribution in [3.63, 3.8) is 0 Å². The summed E-state index contributed by atoms with van der Waals surface area (Å²) < 4.78 is 13.9. The zero-order valence-corrected chi connectivity index (χ0v) is 17.2. The summed E-state index contributed by atoms with van der Waals surface area (Å²) in [5.74, 6) is 0.350. The number of hydrogen-bond acceptors (Lipinski definition) is 4. The molecule has 0 spiro atoms. The Hall–Kier alpha value is -3.86. The summed E-state index contributed by atoms with van der Waals surface area (Å²) in [4.78, 5) is 16.3. The fraction of sp³-hybridized carbons (Fsp3) is 0.154. The van der Waals surface area contributed by atoms with Gasteiger partial charge in [-0.05, 0) is 24.3 Å². The fourth-order valence-corrected chi connectivity index (χ4v) is 4.14. The molecule has 0 amide bonds. The minimum Gasteiger partial charge on any atom is -0.487 e. The predicted molar refractivity (Wildman–Crippen MR) is 122 cm³/mol. The van der Waals surface area contributed by atoms with Crippen molar-refractivity contribution in [3.05, 3.63) is 85.1 Å². The van der Waals surface area contributed by atoms with Crippen LogP contribution in [0.15, 0.2) is 85.1 Å². The smallest absolute Gasteiger partial charge is 0.303 e. The average molecular weight is 410 g/mol. The molecule has 0 N–H and O–H groups in total. The van der Waals surface area contributed by atoms with Crippen molar-refractivity contribution >= 4 is 38.7 Å². The molecule has 5 nitrogen and oxygen atoms in total. The molecule has 0 saturated carbocycles. The van der Waals surface area contributed by atoms with Crippen LogP contribution in [0.3, 0.4) is 0 Å². The number of carbonyl (C=O) groups is 1. The molecule has 0 fully saturated rings. The highest BCUT2D eigenvalue weighted by Crippen LogP contribution is 2.29. The number of aromatic nitrogens is 2. The Balaban J connectivity index is 1.48. The molecule has 5 heteroatoms. The Morgan fingerprint density at radius 3 is 2.29 bits per heavy atom. The monoisotopic (exact) mass is 410 g/mol. The first-order chi connectivity index (χ1) is 15.2. The van der Waals surface area contributed by atoms with E-state index in [0.29, 0.717) is 12.3 Å². The molecule has 31 heavy (non-hydrogen) atoms. The maximum atomic E-state index is 11.8. The van der Waals surface area contributed by atoms with Crippen molar-refractivity contribution < 1.29 is 14.3 Å². The number of carbonyl (C=O) groups excluding carboxylic acids is 1. The van der Waals surface area contributed by atoms with Gasteiger partial charge in [0.15, 0.2) is 6.10 Å². The second kappa shape index (κ2) is 8.11. The van der Waals surface area contributed by atoms with E-state index in [9.17, 15) is 4.79 Å². The number of fused-ring (bicyclic) bond motifs is 4. The average Bonchev–Trinajstić information content (AvgIpc) is 3.11. The highest BCUT2D eigenvalue weighted by molar-refractivity contribution is 6.07. The highest BCUT2D eigenvalue weighted by atomic mass is 16.6. The molecular weight excluding hydrogens is 388 g/mol. The number of benzene rings is 3. The van der Waals surface area contributed by atoms with E-state index in [4.69, 9.17) is 9.47 Å². The van der Waals surface area contributed by atoms with Crippen molar-refractivity contribution in [1.82, 2.24) is 9.55 Å². The molecule has 3 aromatic carbocycles. The first-order valence-electron chi connectivity index (χ1n) is 10.3. The molecule has 0 aliphatic carbocycles. The maximum absolute atomic E-state index is 11.8. The molecule has 0 aliphatic heterocycles. The Bertz CT molecular complexity index is 1330. The molecule has 5 rings (SSSR count). The zero-order valence-electron chi connectivity index (χ0n) is 17.2. The van der Waals surface area contributed by atoms with Crippen LogP contribution in [-0.4, -0.2) is 28.2 Å². The van der Waals surface area contributed by atoms with Crippen molar-refractivity contribution in [2.45, 2.75) is 19.6 Å². The van der Waals surface area contributed by atoms with Crippen LogP contribution in [0.25, 0.3) is 32.7 Å². The summed E-state index contributed by atoms with van der Waals surface area (Å²) in [5.41, 5.74) is 3.00. The maximum Gasteiger partial charge on any atom is 0.303 e. The molecule has 154 valence electrons. The standard InChI is InChI=1S/C26H22N2O3/c1-18(29)31-20(17-30-25-14-6-8-19-9-7-15-27-26(19)25)16-28-23-12-4-2-10-21(23)22-11-3-5-13-24(22)28/h2-15,20H,16-17H2,1H3/t20-/m0/s1. The molecular formula is C26H22N2O3. The van der Waals surface area contributed by atoms with Crippen LogP contribution in [0.1, 0.15) is 6.92 Å². The van der Waals surface area contributed by atoms with Crippen molar-refractivity contribution in [2.24, 2.45) is 0 Å². The Labute approximate surface area is 179 Å². The SMILES string of the molecule is CC(=O)O[C@H](COc1cccc2cccnc12)Cn1c2ccccc2c2ccccc21. The predicted octanol–water partition coefficient (Wildman–Crippen LogP) is 5.35. The van der Waals surface area contributed by atoms with Gasteiger partial charge in [0.1, 0.15) is 17.9 Å². The quantitative estimate of drug-likeness (QED) is 0.354. The van der Waals surface area contributed by atoms with Gasteiger partial charge < -0.3 is 14.0 Å². The van der Waals surface area contributed by atoms with Crippen molar-refractivity contribution in [1.29, 1.82) is 0 Å². The summed E-state index contributed by atoms with van der Waals surface area (Å²) >= 11 is 0. The molecule has 0 saturated heterocycles. The number of nitrogens with zero attached hydrogens (tertiary/aromatic N) is 2. The van der Waals surface area contributed by atoms with Crippen LogP contribution in [0.5, 0.6) is 5.75 Å². The molecule has 2 aromatic heterocycles. The van der Waals surface area contributed by atoms with Crippen LogP contribution >= 0.6 is 0 Å². The van der Waals surface area contributed by atoms with Gasteiger partial charge in [0, 0.05) is 40.3 Å². The summed E-state index contributed by atoms with van der Waals surface area (Å²) in [6.45, 7) is 2.15. The van der Waals surface area contributed by atoms with Gasteiger partial charge in [-0.2, -0.15) is 0 Å². The molecule has 0 radical (unpaired) electrons. The van der Waals surface area contributed by atoms with Crippen LogP contribution in [0, 0.1) is 0 Å². The van der Waals surface area contributed by atoms with Crippen molar-refractivity contribution in [2.75, 3.05) is 6.61 Å². The van der Waals surface area contributed by atoms with Gasteiger partial charge in [-0.15, -0.1) is 0 Å². The lowest BCUT2D eigenvalue weighted by molar-refractivity contribution is -0.148. The lowest BCUT2D eigenvalue weighted by Gasteiger charge is -2.20. The fourth-order valence-electron chi connectivity index (χ4n) is 4.14. The third-order valence-electron chi connectivity index (χ3n) is 5.42. The van der Waals surface area contributed by atoms with Gasteiger partial charge >= 0.3 is 5.97 Å². The van der Waals surface area contributed by atoms with Gasteiger partial charge in [0.05, 0.1) is 6.54 Å².